The summed E-state index contributed by atoms with van der Waals surface area (Å²) in [6.45, 7) is 0.679. The third-order valence-electron chi connectivity index (χ3n) is 2.50. The lowest BCUT2D eigenvalue weighted by atomic mass is 10.2. The summed E-state index contributed by atoms with van der Waals surface area (Å²) in [5, 5.41) is 0. The number of hydrogen-bond acceptors (Lipinski definition) is 2. The number of benzene rings is 2. The number of halogens is 2. The summed E-state index contributed by atoms with van der Waals surface area (Å²) in [6.07, 6.45) is 0. The molecule has 4 heteroatoms. The van der Waals surface area contributed by atoms with Crippen molar-refractivity contribution in [2.24, 2.45) is 0 Å². The van der Waals surface area contributed by atoms with Crippen LogP contribution < -0.4 is 4.74 Å². The third kappa shape index (κ3) is 4.75. The standard InChI is InChI=1S/C15H14BrClOS/c16-14-10-12(11-17)6-7-15(14)18-8-9-19-13-4-2-1-3-5-13/h1-7,10H,8-9,11H2. The summed E-state index contributed by atoms with van der Waals surface area (Å²) in [4.78, 5) is 1.27. The molecule has 0 saturated carbocycles. The van der Waals surface area contributed by atoms with Crippen molar-refractivity contribution in [3.05, 3.63) is 58.6 Å². The largest absolute Gasteiger partial charge is 0.492 e. The van der Waals surface area contributed by atoms with Crippen LogP contribution in [0.1, 0.15) is 5.56 Å². The van der Waals surface area contributed by atoms with Crippen LogP contribution in [0.25, 0.3) is 0 Å². The van der Waals surface area contributed by atoms with Gasteiger partial charge in [-0.05, 0) is 45.8 Å². The van der Waals surface area contributed by atoms with Crippen molar-refractivity contribution >= 4 is 39.3 Å². The molecule has 2 aromatic rings. The Morgan fingerprint density at radius 2 is 1.89 bits per heavy atom. The van der Waals surface area contributed by atoms with Crippen molar-refractivity contribution < 1.29 is 4.74 Å². The SMILES string of the molecule is ClCc1ccc(OCCSc2ccccc2)c(Br)c1. The molecule has 0 saturated heterocycles. The molecule has 0 aliphatic rings. The highest BCUT2D eigenvalue weighted by Crippen LogP contribution is 2.27. The zero-order chi connectivity index (χ0) is 13.5. The fraction of sp³-hybridized carbons (Fsp3) is 0.200. The second-order valence-corrected chi connectivity index (χ2v) is 6.20. The highest BCUT2D eigenvalue weighted by atomic mass is 79.9. The molecule has 0 N–H and O–H groups in total. The van der Waals surface area contributed by atoms with Crippen LogP contribution in [-0.2, 0) is 5.88 Å². The smallest absolute Gasteiger partial charge is 0.133 e. The topological polar surface area (TPSA) is 9.23 Å². The Kier molecular flexibility index (Phi) is 6.08. The van der Waals surface area contributed by atoms with Crippen molar-refractivity contribution in [1.82, 2.24) is 0 Å². The predicted molar refractivity (Wildman–Crippen MR) is 86.4 cm³/mol. The van der Waals surface area contributed by atoms with Crippen molar-refractivity contribution in [2.45, 2.75) is 10.8 Å². The van der Waals surface area contributed by atoms with E-state index < -0.39 is 0 Å². The Labute approximate surface area is 131 Å². The first-order chi connectivity index (χ1) is 9.29. The van der Waals surface area contributed by atoms with Gasteiger partial charge in [0.2, 0.25) is 0 Å². The number of thioether (sulfide) groups is 1. The average Bonchev–Trinajstić information content (AvgIpc) is 2.46. The second kappa shape index (κ2) is 7.83. The second-order valence-electron chi connectivity index (χ2n) is 3.91. The van der Waals surface area contributed by atoms with Gasteiger partial charge in [-0.25, -0.2) is 0 Å². The summed E-state index contributed by atoms with van der Waals surface area (Å²) in [5.74, 6) is 2.30. The normalized spacial score (nSPS) is 10.4. The van der Waals surface area contributed by atoms with E-state index in [1.807, 2.05) is 36.4 Å². The molecule has 0 radical (unpaired) electrons. The van der Waals surface area contributed by atoms with E-state index in [-0.39, 0.29) is 0 Å². The minimum Gasteiger partial charge on any atom is -0.492 e. The van der Waals surface area contributed by atoms with Crippen molar-refractivity contribution in [3.8, 4) is 5.75 Å². The van der Waals surface area contributed by atoms with Crippen LogP contribution in [-0.4, -0.2) is 12.4 Å². The van der Waals surface area contributed by atoms with Gasteiger partial charge in [0.05, 0.1) is 11.1 Å². The molecular formula is C15H14BrClOS. The van der Waals surface area contributed by atoms with Crippen LogP contribution in [0, 0.1) is 0 Å². The van der Waals surface area contributed by atoms with Crippen LogP contribution in [0.2, 0.25) is 0 Å². The molecule has 0 aliphatic carbocycles. The van der Waals surface area contributed by atoms with E-state index in [0.29, 0.717) is 12.5 Å². The van der Waals surface area contributed by atoms with Crippen LogP contribution in [0.5, 0.6) is 5.75 Å². The Bertz CT molecular complexity index is 519. The lowest BCUT2D eigenvalue weighted by Gasteiger charge is -2.09. The quantitative estimate of drug-likeness (QED) is 0.391. The molecule has 0 heterocycles. The van der Waals surface area contributed by atoms with Crippen molar-refractivity contribution in [3.63, 3.8) is 0 Å². The molecule has 1 nitrogen and oxygen atoms in total. The first-order valence-electron chi connectivity index (χ1n) is 5.94. The van der Waals surface area contributed by atoms with Gasteiger partial charge in [0.1, 0.15) is 5.75 Å². The van der Waals surface area contributed by atoms with Gasteiger partial charge in [-0.2, -0.15) is 0 Å². The lowest BCUT2D eigenvalue weighted by Crippen LogP contribution is -2.00. The minimum atomic E-state index is 0.517. The molecule has 0 spiro atoms. The lowest BCUT2D eigenvalue weighted by molar-refractivity contribution is 0.341. The molecular weight excluding hydrogens is 344 g/mol. The van der Waals surface area contributed by atoms with Crippen LogP contribution in [0.15, 0.2) is 57.9 Å². The Hall–Kier alpha value is -0.640. The molecule has 0 aliphatic heterocycles. The van der Waals surface area contributed by atoms with Crippen molar-refractivity contribution in [2.75, 3.05) is 12.4 Å². The zero-order valence-electron chi connectivity index (χ0n) is 10.3. The summed E-state index contributed by atoms with van der Waals surface area (Å²) in [6, 6.07) is 16.3. The molecule has 100 valence electrons. The van der Waals surface area contributed by atoms with Gasteiger partial charge in [-0.3, -0.25) is 0 Å². The fourth-order valence-corrected chi connectivity index (χ4v) is 3.03. The molecule has 2 aromatic carbocycles. The molecule has 0 aromatic heterocycles. The predicted octanol–water partition coefficient (Wildman–Crippen LogP) is 5.36. The number of rotatable bonds is 6. The Morgan fingerprint density at radius 1 is 1.11 bits per heavy atom. The Morgan fingerprint density at radius 3 is 2.58 bits per heavy atom. The van der Waals surface area contributed by atoms with Crippen LogP contribution in [0.4, 0.5) is 0 Å². The van der Waals surface area contributed by atoms with E-state index in [1.54, 1.807) is 11.8 Å². The molecule has 0 bridgehead atoms. The number of hydrogen-bond donors (Lipinski definition) is 0. The molecule has 0 fully saturated rings. The monoisotopic (exact) mass is 356 g/mol. The molecule has 19 heavy (non-hydrogen) atoms. The highest BCUT2D eigenvalue weighted by molar-refractivity contribution is 9.10. The zero-order valence-corrected chi connectivity index (χ0v) is 13.5. The number of ether oxygens (including phenoxy) is 1. The van der Waals surface area contributed by atoms with Gasteiger partial charge >= 0.3 is 0 Å². The maximum absolute atomic E-state index is 5.78. The van der Waals surface area contributed by atoms with E-state index in [2.05, 4.69) is 28.1 Å². The van der Waals surface area contributed by atoms with Gasteiger partial charge in [-0.1, -0.05) is 24.3 Å². The van der Waals surface area contributed by atoms with Crippen LogP contribution >= 0.6 is 39.3 Å². The first-order valence-corrected chi connectivity index (χ1v) is 8.26. The Balaban J connectivity index is 1.80. The summed E-state index contributed by atoms with van der Waals surface area (Å²) >= 11 is 11.1. The molecule has 0 amide bonds. The van der Waals surface area contributed by atoms with Gasteiger partial charge in [0.25, 0.3) is 0 Å². The molecule has 2 rings (SSSR count). The van der Waals surface area contributed by atoms with Gasteiger partial charge in [-0.15, -0.1) is 23.4 Å². The van der Waals surface area contributed by atoms with E-state index in [4.69, 9.17) is 16.3 Å². The fourth-order valence-electron chi connectivity index (χ4n) is 1.57. The van der Waals surface area contributed by atoms with Crippen molar-refractivity contribution in [1.29, 1.82) is 0 Å². The molecule has 0 unspecified atom stereocenters. The van der Waals surface area contributed by atoms with Gasteiger partial charge in [0.15, 0.2) is 0 Å². The summed E-state index contributed by atoms with van der Waals surface area (Å²) in [5.41, 5.74) is 1.08. The maximum atomic E-state index is 5.78. The highest BCUT2D eigenvalue weighted by Gasteiger charge is 2.02. The van der Waals surface area contributed by atoms with Gasteiger partial charge in [0, 0.05) is 16.5 Å². The maximum Gasteiger partial charge on any atom is 0.133 e. The summed E-state index contributed by atoms with van der Waals surface area (Å²) in [7, 11) is 0. The third-order valence-corrected chi connectivity index (χ3v) is 4.41. The first kappa shape index (κ1) is 14.8. The van der Waals surface area contributed by atoms with E-state index in [0.717, 1.165) is 21.5 Å². The van der Waals surface area contributed by atoms with Crippen LogP contribution in [0.3, 0.4) is 0 Å². The number of alkyl halides is 1. The van der Waals surface area contributed by atoms with Gasteiger partial charge < -0.3 is 4.74 Å². The average molecular weight is 358 g/mol. The molecule has 0 atom stereocenters. The van der Waals surface area contributed by atoms with E-state index in [1.165, 1.54) is 4.90 Å². The minimum absolute atomic E-state index is 0.517. The summed E-state index contributed by atoms with van der Waals surface area (Å²) < 4.78 is 6.70. The van der Waals surface area contributed by atoms with E-state index >= 15 is 0 Å². The van der Waals surface area contributed by atoms with E-state index in [9.17, 15) is 0 Å².